The average molecular weight is 351 g/mol. The normalized spacial score (nSPS) is 22.7. The van der Waals surface area contributed by atoms with Gasteiger partial charge in [0.25, 0.3) is 0 Å². The number of likely N-dealkylation sites (tertiary alicyclic amines) is 2. The molecule has 2 rings (SSSR count). The van der Waals surface area contributed by atoms with Crippen molar-refractivity contribution in [3.8, 4) is 0 Å². The van der Waals surface area contributed by atoms with Crippen molar-refractivity contribution in [1.29, 1.82) is 0 Å². The van der Waals surface area contributed by atoms with Gasteiger partial charge in [-0.1, -0.05) is 20.8 Å². The second kappa shape index (κ2) is 7.75. The minimum atomic E-state index is -0.407. The van der Waals surface area contributed by atoms with Crippen LogP contribution in [0.1, 0.15) is 46.5 Å². The number of carbonyl (C=O) groups excluding carboxylic acids is 3. The molecule has 0 spiro atoms. The summed E-state index contributed by atoms with van der Waals surface area (Å²) in [6.45, 7) is 8.35. The van der Waals surface area contributed by atoms with Crippen molar-refractivity contribution in [1.82, 2.24) is 14.7 Å². The summed E-state index contributed by atoms with van der Waals surface area (Å²) in [5, 5.41) is 0. The Morgan fingerprint density at radius 1 is 0.880 bits per heavy atom. The molecule has 2 fully saturated rings. The fourth-order valence-corrected chi connectivity index (χ4v) is 3.81. The quantitative estimate of drug-likeness (QED) is 0.759. The Hall–Kier alpha value is -1.59. The Balaban J connectivity index is 1.91. The smallest absolute Gasteiger partial charge is 0.227 e. The van der Waals surface area contributed by atoms with Gasteiger partial charge in [-0.25, -0.2) is 0 Å². The highest BCUT2D eigenvalue weighted by atomic mass is 16.2. The summed E-state index contributed by atoms with van der Waals surface area (Å²) in [7, 11) is 3.56. The molecular formula is C19H33N3O3. The molecule has 6 heteroatoms. The van der Waals surface area contributed by atoms with Crippen LogP contribution >= 0.6 is 0 Å². The van der Waals surface area contributed by atoms with Crippen LogP contribution in [0, 0.1) is 17.3 Å². The molecule has 0 aromatic heterocycles. The molecule has 0 aromatic rings. The zero-order valence-electron chi connectivity index (χ0n) is 16.4. The summed E-state index contributed by atoms with van der Waals surface area (Å²) < 4.78 is 0. The van der Waals surface area contributed by atoms with Crippen molar-refractivity contribution >= 4 is 17.7 Å². The van der Waals surface area contributed by atoms with Gasteiger partial charge >= 0.3 is 0 Å². The van der Waals surface area contributed by atoms with Crippen LogP contribution < -0.4 is 0 Å². The van der Waals surface area contributed by atoms with E-state index < -0.39 is 5.41 Å². The summed E-state index contributed by atoms with van der Waals surface area (Å²) in [5.41, 5.74) is -0.407. The zero-order chi connectivity index (χ0) is 18.8. The van der Waals surface area contributed by atoms with Crippen LogP contribution in [0.15, 0.2) is 0 Å². The first-order valence-corrected chi connectivity index (χ1v) is 9.40. The molecule has 0 aliphatic carbocycles. The van der Waals surface area contributed by atoms with Crippen LogP contribution in [0.4, 0.5) is 0 Å². The van der Waals surface area contributed by atoms with Gasteiger partial charge in [0.05, 0.1) is 5.92 Å². The second-order valence-corrected chi connectivity index (χ2v) is 8.67. The Kier molecular flexibility index (Phi) is 6.12. The van der Waals surface area contributed by atoms with E-state index in [0.717, 1.165) is 32.2 Å². The van der Waals surface area contributed by atoms with E-state index in [9.17, 15) is 14.4 Å². The van der Waals surface area contributed by atoms with Gasteiger partial charge in [0.1, 0.15) is 0 Å². The number of hydrogen-bond acceptors (Lipinski definition) is 3. The van der Waals surface area contributed by atoms with Gasteiger partial charge in [0, 0.05) is 51.6 Å². The van der Waals surface area contributed by atoms with Crippen LogP contribution in [-0.4, -0.2) is 72.7 Å². The van der Waals surface area contributed by atoms with Gasteiger partial charge in [-0.15, -0.1) is 0 Å². The molecule has 6 nitrogen and oxygen atoms in total. The van der Waals surface area contributed by atoms with Crippen molar-refractivity contribution in [3.05, 3.63) is 0 Å². The molecule has 2 aliphatic rings. The molecule has 2 saturated heterocycles. The lowest BCUT2D eigenvalue weighted by Crippen LogP contribution is -2.51. The molecule has 0 N–H and O–H groups in total. The maximum Gasteiger partial charge on any atom is 0.227 e. The monoisotopic (exact) mass is 351 g/mol. The predicted molar refractivity (Wildman–Crippen MR) is 96.8 cm³/mol. The molecule has 3 amide bonds. The van der Waals surface area contributed by atoms with Gasteiger partial charge in [0.15, 0.2) is 0 Å². The highest BCUT2D eigenvalue weighted by Crippen LogP contribution is 2.26. The summed E-state index contributed by atoms with van der Waals surface area (Å²) in [5.74, 6) is 0.375. The predicted octanol–water partition coefficient (Wildman–Crippen LogP) is 1.60. The van der Waals surface area contributed by atoms with Crippen LogP contribution in [0.25, 0.3) is 0 Å². The SMILES string of the molecule is CN(C)C(=O)C1CCN(C(=O)C2CCCN(C(=O)C(C)(C)C)C2)CC1. The maximum atomic E-state index is 12.9. The molecule has 0 saturated carbocycles. The van der Waals surface area contributed by atoms with E-state index in [1.165, 1.54) is 0 Å². The van der Waals surface area contributed by atoms with Crippen molar-refractivity contribution in [3.63, 3.8) is 0 Å². The van der Waals surface area contributed by atoms with E-state index >= 15 is 0 Å². The van der Waals surface area contributed by atoms with Crippen LogP contribution in [-0.2, 0) is 14.4 Å². The highest BCUT2D eigenvalue weighted by molar-refractivity contribution is 5.84. The van der Waals surface area contributed by atoms with Crippen molar-refractivity contribution in [2.45, 2.75) is 46.5 Å². The Bertz CT molecular complexity index is 516. The van der Waals surface area contributed by atoms with E-state index in [4.69, 9.17) is 0 Å². The van der Waals surface area contributed by atoms with Crippen molar-refractivity contribution < 1.29 is 14.4 Å². The highest BCUT2D eigenvalue weighted by Gasteiger charge is 2.36. The number of rotatable bonds is 2. The van der Waals surface area contributed by atoms with E-state index in [-0.39, 0.29) is 29.6 Å². The Labute approximate surface area is 151 Å². The fraction of sp³-hybridized carbons (Fsp3) is 0.842. The minimum absolute atomic E-state index is 0.0318. The minimum Gasteiger partial charge on any atom is -0.349 e. The molecule has 1 unspecified atom stereocenters. The Morgan fingerprint density at radius 2 is 1.48 bits per heavy atom. The van der Waals surface area contributed by atoms with Gasteiger partial charge in [-0.05, 0) is 25.7 Å². The first-order chi connectivity index (χ1) is 11.6. The molecule has 2 heterocycles. The number of hydrogen-bond donors (Lipinski definition) is 0. The average Bonchev–Trinajstić information content (AvgIpc) is 2.59. The molecule has 142 valence electrons. The number of piperidine rings is 2. The van der Waals surface area contributed by atoms with Gasteiger partial charge in [-0.2, -0.15) is 0 Å². The first-order valence-electron chi connectivity index (χ1n) is 9.40. The fourth-order valence-electron chi connectivity index (χ4n) is 3.81. The molecule has 0 radical (unpaired) electrons. The molecule has 0 aromatic carbocycles. The molecule has 0 bridgehead atoms. The molecular weight excluding hydrogens is 318 g/mol. The van der Waals surface area contributed by atoms with E-state index in [1.807, 2.05) is 30.6 Å². The summed E-state index contributed by atoms with van der Waals surface area (Å²) >= 11 is 0. The lowest BCUT2D eigenvalue weighted by Gasteiger charge is -2.39. The van der Waals surface area contributed by atoms with Crippen LogP contribution in [0.3, 0.4) is 0 Å². The summed E-state index contributed by atoms with van der Waals surface area (Å²) in [6.07, 6.45) is 3.21. The number of nitrogens with zero attached hydrogens (tertiary/aromatic N) is 3. The first kappa shape index (κ1) is 19.7. The van der Waals surface area contributed by atoms with Gasteiger partial charge < -0.3 is 14.7 Å². The summed E-state index contributed by atoms with van der Waals surface area (Å²) in [4.78, 5) is 42.8. The molecule has 2 aliphatic heterocycles. The third-order valence-corrected chi connectivity index (χ3v) is 5.30. The third kappa shape index (κ3) is 4.73. The largest absolute Gasteiger partial charge is 0.349 e. The lowest BCUT2D eigenvalue weighted by molar-refractivity contribution is -0.147. The molecule has 1 atom stereocenters. The number of amides is 3. The molecule has 25 heavy (non-hydrogen) atoms. The van der Waals surface area contributed by atoms with E-state index in [0.29, 0.717) is 19.6 Å². The zero-order valence-corrected chi connectivity index (χ0v) is 16.4. The van der Waals surface area contributed by atoms with E-state index in [2.05, 4.69) is 0 Å². The third-order valence-electron chi connectivity index (χ3n) is 5.30. The number of carbonyl (C=O) groups is 3. The van der Waals surface area contributed by atoms with Crippen LogP contribution in [0.2, 0.25) is 0 Å². The van der Waals surface area contributed by atoms with Crippen molar-refractivity contribution in [2.24, 2.45) is 17.3 Å². The summed E-state index contributed by atoms with van der Waals surface area (Å²) in [6, 6.07) is 0. The lowest BCUT2D eigenvalue weighted by atomic mass is 9.89. The topological polar surface area (TPSA) is 60.9 Å². The van der Waals surface area contributed by atoms with Gasteiger partial charge in [0.2, 0.25) is 17.7 Å². The maximum absolute atomic E-state index is 12.9. The van der Waals surface area contributed by atoms with E-state index in [1.54, 1.807) is 19.0 Å². The second-order valence-electron chi connectivity index (χ2n) is 8.67. The Morgan fingerprint density at radius 3 is 2.00 bits per heavy atom. The van der Waals surface area contributed by atoms with Crippen molar-refractivity contribution in [2.75, 3.05) is 40.3 Å². The van der Waals surface area contributed by atoms with Gasteiger partial charge in [-0.3, -0.25) is 14.4 Å². The van der Waals surface area contributed by atoms with Crippen LogP contribution in [0.5, 0.6) is 0 Å². The standard InChI is InChI=1S/C19H33N3O3/c1-19(2,3)18(25)22-10-6-7-15(13-22)17(24)21-11-8-14(9-12-21)16(23)20(4)5/h14-15H,6-13H2,1-5H3.